The van der Waals surface area contributed by atoms with Crippen LogP contribution in [-0.4, -0.2) is 23.4 Å². The fraction of sp³-hybridized carbons (Fsp3) is 1.00. The molecule has 21 heavy (non-hydrogen) atoms. The van der Waals surface area contributed by atoms with E-state index in [2.05, 4.69) is 6.92 Å². The standard InChI is InChI=1S/C19H40O2/c1-5-6-7-8-9-10-11-12-13-14-15-16-17-21-19(3,4)18(2)20/h18,20H,5-17H2,1-4H3. The Hall–Kier alpha value is -0.0800. The normalized spacial score (nSPS) is 13.6. The molecule has 2 heteroatoms. The van der Waals surface area contributed by atoms with Crippen molar-refractivity contribution in [2.45, 2.75) is 116 Å². The third-order valence-corrected chi connectivity index (χ3v) is 4.48. The average molecular weight is 301 g/mol. The van der Waals surface area contributed by atoms with Crippen molar-refractivity contribution in [1.82, 2.24) is 0 Å². The molecule has 0 amide bonds. The summed E-state index contributed by atoms with van der Waals surface area (Å²) in [5.74, 6) is 0. The molecule has 1 atom stereocenters. The van der Waals surface area contributed by atoms with Gasteiger partial charge in [0.05, 0.1) is 11.7 Å². The third kappa shape index (κ3) is 13.3. The summed E-state index contributed by atoms with van der Waals surface area (Å²) in [5.41, 5.74) is -0.405. The second kappa shape index (κ2) is 13.6. The van der Waals surface area contributed by atoms with Crippen LogP contribution in [0, 0.1) is 0 Å². The molecule has 1 unspecified atom stereocenters. The molecule has 0 aliphatic rings. The molecule has 0 saturated carbocycles. The Morgan fingerprint density at radius 1 is 0.762 bits per heavy atom. The number of aliphatic hydroxyl groups is 1. The van der Waals surface area contributed by atoms with E-state index >= 15 is 0 Å². The van der Waals surface area contributed by atoms with Crippen LogP contribution >= 0.6 is 0 Å². The molecule has 0 aliphatic heterocycles. The van der Waals surface area contributed by atoms with E-state index in [4.69, 9.17) is 4.74 Å². The first-order valence-corrected chi connectivity index (χ1v) is 9.32. The van der Waals surface area contributed by atoms with Gasteiger partial charge in [-0.1, -0.05) is 77.6 Å². The molecule has 2 nitrogen and oxygen atoms in total. The Morgan fingerprint density at radius 3 is 1.52 bits per heavy atom. The van der Waals surface area contributed by atoms with Crippen LogP contribution in [0.1, 0.15) is 105 Å². The molecule has 0 rings (SSSR count). The van der Waals surface area contributed by atoms with Gasteiger partial charge in [-0.3, -0.25) is 0 Å². The molecule has 0 aromatic heterocycles. The summed E-state index contributed by atoms with van der Waals surface area (Å²) in [6, 6.07) is 0. The molecule has 0 heterocycles. The van der Waals surface area contributed by atoms with Crippen molar-refractivity contribution in [1.29, 1.82) is 0 Å². The number of hydrogen-bond acceptors (Lipinski definition) is 2. The zero-order chi connectivity index (χ0) is 16.0. The Balaban J connectivity index is 3.16. The van der Waals surface area contributed by atoms with Crippen LogP contribution in [0.25, 0.3) is 0 Å². The van der Waals surface area contributed by atoms with Gasteiger partial charge in [-0.15, -0.1) is 0 Å². The highest BCUT2D eigenvalue weighted by atomic mass is 16.5. The number of aliphatic hydroxyl groups excluding tert-OH is 1. The zero-order valence-electron chi connectivity index (χ0n) is 15.1. The van der Waals surface area contributed by atoms with Gasteiger partial charge in [0.25, 0.3) is 0 Å². The lowest BCUT2D eigenvalue weighted by atomic mass is 10.0. The Bertz CT molecular complexity index is 212. The quantitative estimate of drug-likeness (QED) is 0.384. The van der Waals surface area contributed by atoms with Gasteiger partial charge < -0.3 is 9.84 Å². The number of hydrogen-bond donors (Lipinski definition) is 1. The highest BCUT2D eigenvalue weighted by molar-refractivity contribution is 4.74. The minimum Gasteiger partial charge on any atom is -0.390 e. The lowest BCUT2D eigenvalue weighted by Crippen LogP contribution is -2.37. The zero-order valence-corrected chi connectivity index (χ0v) is 15.1. The topological polar surface area (TPSA) is 29.5 Å². The summed E-state index contributed by atoms with van der Waals surface area (Å²) in [7, 11) is 0. The fourth-order valence-electron chi connectivity index (χ4n) is 2.40. The van der Waals surface area contributed by atoms with E-state index in [0.29, 0.717) is 0 Å². The first-order valence-electron chi connectivity index (χ1n) is 9.32. The van der Waals surface area contributed by atoms with E-state index in [9.17, 15) is 5.11 Å². The van der Waals surface area contributed by atoms with Gasteiger partial charge in [-0.25, -0.2) is 0 Å². The Kier molecular flexibility index (Phi) is 13.5. The summed E-state index contributed by atoms with van der Waals surface area (Å²) >= 11 is 0. The highest BCUT2D eigenvalue weighted by Crippen LogP contribution is 2.16. The molecule has 1 N–H and O–H groups in total. The van der Waals surface area contributed by atoms with Crippen LogP contribution in [-0.2, 0) is 4.74 Å². The van der Waals surface area contributed by atoms with E-state index < -0.39 is 11.7 Å². The monoisotopic (exact) mass is 300 g/mol. The minimum atomic E-state index is -0.408. The number of rotatable bonds is 15. The van der Waals surface area contributed by atoms with Crippen LogP contribution in [0.5, 0.6) is 0 Å². The van der Waals surface area contributed by atoms with Gasteiger partial charge in [0.15, 0.2) is 0 Å². The van der Waals surface area contributed by atoms with Crippen molar-refractivity contribution < 1.29 is 9.84 Å². The first-order chi connectivity index (χ1) is 10.0. The van der Waals surface area contributed by atoms with Crippen LogP contribution in [0.3, 0.4) is 0 Å². The molecule has 128 valence electrons. The van der Waals surface area contributed by atoms with Gasteiger partial charge in [0.2, 0.25) is 0 Å². The van der Waals surface area contributed by atoms with Gasteiger partial charge >= 0.3 is 0 Å². The van der Waals surface area contributed by atoms with Crippen molar-refractivity contribution in [3.63, 3.8) is 0 Å². The van der Waals surface area contributed by atoms with E-state index in [1.165, 1.54) is 70.6 Å². The maximum Gasteiger partial charge on any atom is 0.0881 e. The maximum absolute atomic E-state index is 9.55. The molecule has 0 aromatic carbocycles. The van der Waals surface area contributed by atoms with Crippen LogP contribution in [0.15, 0.2) is 0 Å². The maximum atomic E-state index is 9.55. The molecule has 0 aromatic rings. The Labute approximate surface area is 133 Å². The molecule has 0 aliphatic carbocycles. The van der Waals surface area contributed by atoms with Crippen LogP contribution in [0.4, 0.5) is 0 Å². The van der Waals surface area contributed by atoms with E-state index in [0.717, 1.165) is 13.0 Å². The SMILES string of the molecule is CCCCCCCCCCCCCCOC(C)(C)C(C)O. The van der Waals surface area contributed by atoms with Crippen molar-refractivity contribution in [3.8, 4) is 0 Å². The number of unbranched alkanes of at least 4 members (excludes halogenated alkanes) is 11. The highest BCUT2D eigenvalue weighted by Gasteiger charge is 2.24. The predicted octanol–water partition coefficient (Wildman–Crippen LogP) is 5.86. The molecule has 0 radical (unpaired) electrons. The lowest BCUT2D eigenvalue weighted by molar-refractivity contribution is -0.0940. The molecule has 0 fully saturated rings. The van der Waals surface area contributed by atoms with Gasteiger partial charge in [-0.2, -0.15) is 0 Å². The largest absolute Gasteiger partial charge is 0.390 e. The second-order valence-corrected chi connectivity index (χ2v) is 7.02. The van der Waals surface area contributed by atoms with E-state index in [-0.39, 0.29) is 0 Å². The summed E-state index contributed by atoms with van der Waals surface area (Å²) < 4.78 is 5.73. The second-order valence-electron chi connectivity index (χ2n) is 7.02. The molecule has 0 saturated heterocycles. The predicted molar refractivity (Wildman–Crippen MR) is 92.8 cm³/mol. The van der Waals surface area contributed by atoms with Gasteiger partial charge in [0, 0.05) is 6.61 Å². The fourth-order valence-corrected chi connectivity index (χ4v) is 2.40. The summed E-state index contributed by atoms with van der Waals surface area (Å²) in [6.07, 6.45) is 16.0. The van der Waals surface area contributed by atoms with E-state index in [1.54, 1.807) is 6.92 Å². The van der Waals surface area contributed by atoms with Crippen molar-refractivity contribution in [2.24, 2.45) is 0 Å². The summed E-state index contributed by atoms with van der Waals surface area (Å²) in [6.45, 7) is 8.75. The van der Waals surface area contributed by atoms with E-state index in [1.807, 2.05) is 13.8 Å². The Morgan fingerprint density at radius 2 is 1.14 bits per heavy atom. The molecule has 0 bridgehead atoms. The molecular weight excluding hydrogens is 260 g/mol. The van der Waals surface area contributed by atoms with Crippen LogP contribution in [0.2, 0.25) is 0 Å². The van der Waals surface area contributed by atoms with Gasteiger partial charge in [0.1, 0.15) is 0 Å². The first kappa shape index (κ1) is 20.9. The van der Waals surface area contributed by atoms with Gasteiger partial charge in [-0.05, 0) is 27.2 Å². The molecular formula is C19H40O2. The average Bonchev–Trinajstić information content (AvgIpc) is 2.43. The summed E-state index contributed by atoms with van der Waals surface area (Å²) in [5, 5.41) is 9.55. The minimum absolute atomic E-state index is 0.405. The van der Waals surface area contributed by atoms with Crippen molar-refractivity contribution in [2.75, 3.05) is 6.61 Å². The van der Waals surface area contributed by atoms with Crippen molar-refractivity contribution >= 4 is 0 Å². The van der Waals surface area contributed by atoms with Crippen molar-refractivity contribution in [3.05, 3.63) is 0 Å². The third-order valence-electron chi connectivity index (χ3n) is 4.48. The smallest absolute Gasteiger partial charge is 0.0881 e. The lowest BCUT2D eigenvalue weighted by Gasteiger charge is -2.28. The molecule has 0 spiro atoms. The number of ether oxygens (including phenoxy) is 1. The summed E-state index contributed by atoms with van der Waals surface area (Å²) in [4.78, 5) is 0. The van der Waals surface area contributed by atoms with Crippen LogP contribution < -0.4 is 0 Å².